The standard InChI is InChI=1S/C10H8F2O/c11-7-1-2-8(9(12)5-7)10(6-13)3-4-10/h1-2,5-6H,3-4H2. The summed E-state index contributed by atoms with van der Waals surface area (Å²) in [6.45, 7) is 0. The Morgan fingerprint density at radius 2 is 2.00 bits per heavy atom. The fourth-order valence-electron chi connectivity index (χ4n) is 1.48. The first-order valence-corrected chi connectivity index (χ1v) is 4.10. The molecule has 0 spiro atoms. The predicted molar refractivity (Wildman–Crippen MR) is 43.3 cm³/mol. The van der Waals surface area contributed by atoms with Crippen molar-refractivity contribution >= 4 is 6.29 Å². The largest absolute Gasteiger partial charge is 0.302 e. The number of carbonyl (C=O) groups is 1. The smallest absolute Gasteiger partial charge is 0.130 e. The Hall–Kier alpha value is -1.25. The van der Waals surface area contributed by atoms with Crippen LogP contribution in [0.3, 0.4) is 0 Å². The molecule has 0 saturated heterocycles. The van der Waals surface area contributed by atoms with E-state index in [4.69, 9.17) is 0 Å². The Morgan fingerprint density at radius 3 is 2.46 bits per heavy atom. The molecule has 1 saturated carbocycles. The Bertz CT molecular complexity index is 356. The second-order valence-corrected chi connectivity index (χ2v) is 3.40. The van der Waals surface area contributed by atoms with Gasteiger partial charge in [-0.2, -0.15) is 0 Å². The third kappa shape index (κ3) is 1.24. The van der Waals surface area contributed by atoms with Gasteiger partial charge in [-0.1, -0.05) is 6.07 Å². The summed E-state index contributed by atoms with van der Waals surface area (Å²) in [6, 6.07) is 3.35. The number of carbonyl (C=O) groups excluding carboxylic acids is 1. The molecule has 13 heavy (non-hydrogen) atoms. The van der Waals surface area contributed by atoms with Crippen molar-refractivity contribution in [1.82, 2.24) is 0 Å². The minimum absolute atomic E-state index is 0.323. The lowest BCUT2D eigenvalue weighted by Crippen LogP contribution is -2.10. The first-order valence-electron chi connectivity index (χ1n) is 4.10. The van der Waals surface area contributed by atoms with Gasteiger partial charge in [0.05, 0.1) is 5.41 Å². The summed E-state index contributed by atoms with van der Waals surface area (Å²) in [5, 5.41) is 0. The molecule has 1 aromatic rings. The van der Waals surface area contributed by atoms with Crippen molar-refractivity contribution < 1.29 is 13.6 Å². The van der Waals surface area contributed by atoms with Gasteiger partial charge in [-0.05, 0) is 18.9 Å². The normalized spacial score (nSPS) is 18.3. The topological polar surface area (TPSA) is 17.1 Å². The van der Waals surface area contributed by atoms with E-state index in [0.717, 1.165) is 12.4 Å². The molecule has 1 aliphatic carbocycles. The number of rotatable bonds is 2. The van der Waals surface area contributed by atoms with Gasteiger partial charge >= 0.3 is 0 Å². The number of benzene rings is 1. The summed E-state index contributed by atoms with van der Waals surface area (Å²) in [4.78, 5) is 10.7. The molecule has 1 fully saturated rings. The Balaban J connectivity index is 2.47. The summed E-state index contributed by atoms with van der Waals surface area (Å²) in [5.74, 6) is -1.23. The van der Waals surface area contributed by atoms with Crippen LogP contribution in [0.25, 0.3) is 0 Å². The minimum atomic E-state index is -0.655. The van der Waals surface area contributed by atoms with Crippen LogP contribution in [0.15, 0.2) is 18.2 Å². The number of hydrogen-bond acceptors (Lipinski definition) is 1. The van der Waals surface area contributed by atoms with E-state index < -0.39 is 17.0 Å². The van der Waals surface area contributed by atoms with Crippen molar-refractivity contribution in [2.24, 2.45) is 0 Å². The monoisotopic (exact) mass is 182 g/mol. The second kappa shape index (κ2) is 2.62. The van der Waals surface area contributed by atoms with Crippen molar-refractivity contribution in [2.75, 3.05) is 0 Å². The van der Waals surface area contributed by atoms with Crippen LogP contribution >= 0.6 is 0 Å². The summed E-state index contributed by atoms with van der Waals surface area (Å²) in [6.07, 6.45) is 2.08. The van der Waals surface area contributed by atoms with Gasteiger partial charge in [0, 0.05) is 11.6 Å². The van der Waals surface area contributed by atoms with E-state index in [1.54, 1.807) is 0 Å². The van der Waals surface area contributed by atoms with E-state index >= 15 is 0 Å². The minimum Gasteiger partial charge on any atom is -0.302 e. The highest BCUT2D eigenvalue weighted by molar-refractivity contribution is 5.73. The second-order valence-electron chi connectivity index (χ2n) is 3.40. The van der Waals surface area contributed by atoms with E-state index in [2.05, 4.69) is 0 Å². The van der Waals surface area contributed by atoms with E-state index in [1.165, 1.54) is 12.1 Å². The quantitative estimate of drug-likeness (QED) is 0.641. The summed E-state index contributed by atoms with van der Waals surface area (Å²) in [5.41, 5.74) is -0.332. The Kier molecular flexibility index (Phi) is 1.68. The molecule has 1 nitrogen and oxygen atoms in total. The maximum Gasteiger partial charge on any atom is 0.130 e. The van der Waals surface area contributed by atoms with Crippen LogP contribution in [-0.2, 0) is 10.2 Å². The molecule has 0 aromatic heterocycles. The first-order chi connectivity index (χ1) is 6.18. The zero-order chi connectivity index (χ0) is 9.47. The zero-order valence-electron chi connectivity index (χ0n) is 6.89. The number of aldehydes is 1. The first kappa shape index (κ1) is 8.35. The summed E-state index contributed by atoms with van der Waals surface area (Å²) < 4.78 is 25.7. The molecule has 2 rings (SSSR count). The zero-order valence-corrected chi connectivity index (χ0v) is 6.89. The molecule has 68 valence electrons. The molecule has 1 aromatic carbocycles. The van der Waals surface area contributed by atoms with Crippen LogP contribution in [-0.4, -0.2) is 6.29 Å². The van der Waals surface area contributed by atoms with Crippen LogP contribution in [0.1, 0.15) is 18.4 Å². The molecule has 0 aliphatic heterocycles. The highest BCUT2D eigenvalue weighted by Gasteiger charge is 2.46. The van der Waals surface area contributed by atoms with Crippen molar-refractivity contribution in [3.63, 3.8) is 0 Å². The number of hydrogen-bond donors (Lipinski definition) is 0. The van der Waals surface area contributed by atoms with Gasteiger partial charge in [0.25, 0.3) is 0 Å². The summed E-state index contributed by atoms with van der Waals surface area (Å²) >= 11 is 0. The van der Waals surface area contributed by atoms with E-state index in [1.807, 2.05) is 0 Å². The van der Waals surface area contributed by atoms with Gasteiger partial charge in [-0.3, -0.25) is 0 Å². The van der Waals surface area contributed by atoms with Crippen LogP contribution in [0.2, 0.25) is 0 Å². The predicted octanol–water partition coefficient (Wildman–Crippen LogP) is 2.20. The van der Waals surface area contributed by atoms with Crippen molar-refractivity contribution in [1.29, 1.82) is 0 Å². The van der Waals surface area contributed by atoms with Crippen molar-refractivity contribution in [2.45, 2.75) is 18.3 Å². The highest BCUT2D eigenvalue weighted by Crippen LogP contribution is 2.47. The van der Waals surface area contributed by atoms with Gasteiger partial charge in [0.15, 0.2) is 0 Å². The molecule has 0 radical (unpaired) electrons. The van der Waals surface area contributed by atoms with E-state index in [0.29, 0.717) is 18.4 Å². The van der Waals surface area contributed by atoms with Crippen LogP contribution < -0.4 is 0 Å². The summed E-state index contributed by atoms with van der Waals surface area (Å²) in [7, 11) is 0. The van der Waals surface area contributed by atoms with Crippen LogP contribution in [0, 0.1) is 11.6 Å². The molecule has 0 heterocycles. The lowest BCUT2D eigenvalue weighted by molar-refractivity contribution is -0.109. The average Bonchev–Trinajstić information content (AvgIpc) is 2.85. The molecule has 0 unspecified atom stereocenters. The van der Waals surface area contributed by atoms with Crippen LogP contribution in [0.5, 0.6) is 0 Å². The molecular weight excluding hydrogens is 174 g/mol. The van der Waals surface area contributed by atoms with Gasteiger partial charge in [0.1, 0.15) is 17.9 Å². The lowest BCUT2D eigenvalue weighted by atomic mass is 9.97. The van der Waals surface area contributed by atoms with Gasteiger partial charge in [0.2, 0.25) is 0 Å². The van der Waals surface area contributed by atoms with E-state index in [9.17, 15) is 13.6 Å². The molecule has 0 amide bonds. The fourth-order valence-corrected chi connectivity index (χ4v) is 1.48. The third-order valence-electron chi connectivity index (χ3n) is 2.48. The number of halogens is 2. The molecule has 1 aliphatic rings. The van der Waals surface area contributed by atoms with Gasteiger partial charge < -0.3 is 4.79 Å². The third-order valence-corrected chi connectivity index (χ3v) is 2.48. The maximum absolute atomic E-state index is 13.2. The van der Waals surface area contributed by atoms with Crippen molar-refractivity contribution in [3.8, 4) is 0 Å². The van der Waals surface area contributed by atoms with E-state index in [-0.39, 0.29) is 0 Å². The maximum atomic E-state index is 13.2. The molecule has 0 N–H and O–H groups in total. The van der Waals surface area contributed by atoms with Gasteiger partial charge in [-0.25, -0.2) is 8.78 Å². The fraction of sp³-hybridized carbons (Fsp3) is 0.300. The van der Waals surface area contributed by atoms with Crippen molar-refractivity contribution in [3.05, 3.63) is 35.4 Å². The Labute approximate surface area is 74.4 Å². The van der Waals surface area contributed by atoms with Gasteiger partial charge in [-0.15, -0.1) is 0 Å². The SMILES string of the molecule is O=CC1(c2ccc(F)cc2F)CC1. The molecule has 0 atom stereocenters. The molecule has 0 bridgehead atoms. The molecular formula is C10H8F2O. The average molecular weight is 182 g/mol. The molecule has 3 heteroatoms. The Morgan fingerprint density at radius 1 is 1.31 bits per heavy atom. The van der Waals surface area contributed by atoms with Crippen LogP contribution in [0.4, 0.5) is 8.78 Å². The highest BCUT2D eigenvalue weighted by atomic mass is 19.1. The lowest BCUT2D eigenvalue weighted by Gasteiger charge is -2.07.